The molecule has 5 nitrogen and oxygen atoms in total. The zero-order valence-electron chi connectivity index (χ0n) is 9.40. The monoisotopic (exact) mass is 320 g/mol. The molecule has 1 rings (SSSR count). The van der Waals surface area contributed by atoms with E-state index in [1.54, 1.807) is 18.2 Å². The first-order valence-electron chi connectivity index (χ1n) is 4.76. The summed E-state index contributed by atoms with van der Waals surface area (Å²) in [5.74, 6) is -0.571. The Hall–Kier alpha value is -1.08. The van der Waals surface area contributed by atoms with Crippen molar-refractivity contribution in [2.24, 2.45) is 0 Å². The lowest BCUT2D eigenvalue weighted by Crippen LogP contribution is -2.31. The Bertz CT molecular complexity index is 542. The van der Waals surface area contributed by atoms with Gasteiger partial charge < -0.3 is 11.1 Å². The van der Waals surface area contributed by atoms with E-state index in [0.29, 0.717) is 15.8 Å². The summed E-state index contributed by atoms with van der Waals surface area (Å²) in [5.41, 5.74) is 6.58. The maximum absolute atomic E-state index is 11.7. The molecule has 1 unspecified atom stereocenters. The molecular formula is C10H13BrN2O3S. The lowest BCUT2D eigenvalue weighted by Gasteiger charge is -2.12. The van der Waals surface area contributed by atoms with E-state index < -0.39 is 21.0 Å². The maximum Gasteiger partial charge on any atom is 0.242 e. The number of benzene rings is 1. The van der Waals surface area contributed by atoms with Gasteiger partial charge in [-0.05, 0) is 41.1 Å². The zero-order valence-corrected chi connectivity index (χ0v) is 11.8. The molecule has 0 saturated heterocycles. The highest BCUT2D eigenvalue weighted by Gasteiger charge is 2.23. The number of nitrogens with one attached hydrogen (secondary N) is 1. The van der Waals surface area contributed by atoms with Gasteiger partial charge in [0.25, 0.3) is 0 Å². The number of halogens is 1. The van der Waals surface area contributed by atoms with E-state index in [1.165, 1.54) is 6.92 Å². The molecular weight excluding hydrogens is 308 g/mol. The van der Waals surface area contributed by atoms with Crippen molar-refractivity contribution < 1.29 is 13.2 Å². The minimum atomic E-state index is -3.40. The van der Waals surface area contributed by atoms with Gasteiger partial charge in [0.2, 0.25) is 5.91 Å². The van der Waals surface area contributed by atoms with Crippen molar-refractivity contribution in [3.8, 4) is 0 Å². The minimum absolute atomic E-state index is 0.486. The summed E-state index contributed by atoms with van der Waals surface area (Å²) in [6.07, 6.45) is 1.02. The molecule has 0 aromatic heterocycles. The largest absolute Gasteiger partial charge is 0.399 e. The van der Waals surface area contributed by atoms with E-state index in [4.69, 9.17) is 5.73 Å². The Labute approximate surface area is 108 Å². The van der Waals surface area contributed by atoms with Gasteiger partial charge in [-0.2, -0.15) is 0 Å². The Morgan fingerprint density at radius 2 is 2.06 bits per heavy atom. The van der Waals surface area contributed by atoms with E-state index >= 15 is 0 Å². The first-order valence-corrected chi connectivity index (χ1v) is 7.51. The van der Waals surface area contributed by atoms with Crippen molar-refractivity contribution in [3.63, 3.8) is 0 Å². The van der Waals surface area contributed by atoms with Crippen LogP contribution < -0.4 is 11.1 Å². The van der Waals surface area contributed by atoms with Gasteiger partial charge in [-0.25, -0.2) is 8.42 Å². The predicted octanol–water partition coefficient (Wildman–Crippen LogP) is 1.40. The Morgan fingerprint density at radius 1 is 1.47 bits per heavy atom. The summed E-state index contributed by atoms with van der Waals surface area (Å²) in [6, 6.07) is 4.85. The van der Waals surface area contributed by atoms with E-state index in [2.05, 4.69) is 21.2 Å². The molecule has 0 saturated carbocycles. The van der Waals surface area contributed by atoms with Crippen LogP contribution in [0.15, 0.2) is 22.7 Å². The Balaban J connectivity index is 2.89. The second-order valence-electron chi connectivity index (χ2n) is 3.70. The molecule has 1 amide bonds. The van der Waals surface area contributed by atoms with Crippen molar-refractivity contribution in [1.82, 2.24) is 0 Å². The van der Waals surface area contributed by atoms with Gasteiger partial charge in [0.15, 0.2) is 9.84 Å². The number of hydrogen-bond donors (Lipinski definition) is 2. The molecule has 7 heteroatoms. The molecule has 94 valence electrons. The molecule has 1 aromatic carbocycles. The fourth-order valence-corrected chi connectivity index (χ4v) is 2.00. The highest BCUT2D eigenvalue weighted by atomic mass is 79.9. The van der Waals surface area contributed by atoms with Crippen molar-refractivity contribution in [2.45, 2.75) is 12.2 Å². The van der Waals surface area contributed by atoms with Crippen LogP contribution in [0.25, 0.3) is 0 Å². The van der Waals surface area contributed by atoms with Gasteiger partial charge in [0.05, 0.1) is 5.69 Å². The van der Waals surface area contributed by atoms with E-state index in [-0.39, 0.29) is 0 Å². The lowest BCUT2D eigenvalue weighted by atomic mass is 10.3. The Kier molecular flexibility index (Phi) is 4.16. The van der Waals surface area contributed by atoms with E-state index in [0.717, 1.165) is 6.26 Å². The van der Waals surface area contributed by atoms with Crippen LogP contribution >= 0.6 is 15.9 Å². The zero-order chi connectivity index (χ0) is 13.2. The highest BCUT2D eigenvalue weighted by Crippen LogP contribution is 2.24. The number of carbonyl (C=O) groups is 1. The standard InChI is InChI=1S/C10H13BrN2O3S/c1-6(17(2,15)16)10(14)13-9-4-3-7(12)5-8(9)11/h3-6H,12H2,1-2H3,(H,13,14). The van der Waals surface area contributed by atoms with Gasteiger partial charge >= 0.3 is 0 Å². The number of carbonyl (C=O) groups excluding carboxylic acids is 1. The molecule has 17 heavy (non-hydrogen) atoms. The van der Waals surface area contributed by atoms with Crippen LogP contribution in [0.4, 0.5) is 11.4 Å². The SMILES string of the molecule is CC(C(=O)Nc1ccc(N)cc1Br)S(C)(=O)=O. The summed E-state index contributed by atoms with van der Waals surface area (Å²) in [5, 5.41) is 1.43. The normalized spacial score (nSPS) is 13.1. The molecule has 0 aliphatic heterocycles. The first kappa shape index (κ1) is 14.0. The van der Waals surface area contributed by atoms with Crippen LogP contribution in [-0.2, 0) is 14.6 Å². The molecule has 1 atom stereocenters. The number of nitrogen functional groups attached to an aromatic ring is 1. The van der Waals surface area contributed by atoms with Crippen molar-refractivity contribution in [2.75, 3.05) is 17.3 Å². The molecule has 0 spiro atoms. The average Bonchev–Trinajstić information content (AvgIpc) is 2.19. The summed E-state index contributed by atoms with van der Waals surface area (Å²) in [7, 11) is -3.40. The van der Waals surface area contributed by atoms with E-state index in [9.17, 15) is 13.2 Å². The summed E-state index contributed by atoms with van der Waals surface area (Å²) < 4.78 is 23.0. The number of sulfone groups is 1. The van der Waals surface area contributed by atoms with Crippen molar-refractivity contribution in [1.29, 1.82) is 0 Å². The third-order valence-electron chi connectivity index (χ3n) is 2.26. The summed E-state index contributed by atoms with van der Waals surface area (Å²) in [6.45, 7) is 1.34. The van der Waals surface area contributed by atoms with Crippen LogP contribution in [0, 0.1) is 0 Å². The van der Waals surface area contributed by atoms with Crippen LogP contribution in [0.3, 0.4) is 0 Å². The second-order valence-corrected chi connectivity index (χ2v) is 6.92. The number of amides is 1. The Morgan fingerprint density at radius 3 is 2.53 bits per heavy atom. The summed E-state index contributed by atoms with van der Waals surface area (Å²) in [4.78, 5) is 11.7. The second kappa shape index (κ2) is 5.05. The quantitative estimate of drug-likeness (QED) is 0.824. The van der Waals surface area contributed by atoms with Gasteiger partial charge in [-0.3, -0.25) is 4.79 Å². The van der Waals surface area contributed by atoms with Gasteiger partial charge in [0, 0.05) is 16.4 Å². The van der Waals surface area contributed by atoms with Crippen LogP contribution in [0.1, 0.15) is 6.92 Å². The van der Waals surface area contributed by atoms with Crippen LogP contribution in [0.5, 0.6) is 0 Å². The first-order chi connectivity index (χ1) is 7.71. The smallest absolute Gasteiger partial charge is 0.242 e. The average molecular weight is 321 g/mol. The minimum Gasteiger partial charge on any atom is -0.399 e. The van der Waals surface area contributed by atoms with Gasteiger partial charge in [-0.15, -0.1) is 0 Å². The molecule has 0 bridgehead atoms. The third kappa shape index (κ3) is 3.71. The fraction of sp³-hybridized carbons (Fsp3) is 0.300. The number of nitrogens with two attached hydrogens (primary N) is 1. The third-order valence-corrected chi connectivity index (χ3v) is 4.42. The topological polar surface area (TPSA) is 89.3 Å². The maximum atomic E-state index is 11.7. The molecule has 0 aliphatic carbocycles. The van der Waals surface area contributed by atoms with Crippen molar-refractivity contribution in [3.05, 3.63) is 22.7 Å². The lowest BCUT2D eigenvalue weighted by molar-refractivity contribution is -0.115. The van der Waals surface area contributed by atoms with Gasteiger partial charge in [0.1, 0.15) is 5.25 Å². The molecule has 0 aliphatic rings. The predicted molar refractivity (Wildman–Crippen MR) is 71.5 cm³/mol. The van der Waals surface area contributed by atoms with E-state index in [1.807, 2.05) is 0 Å². The molecule has 1 aromatic rings. The van der Waals surface area contributed by atoms with Gasteiger partial charge in [-0.1, -0.05) is 0 Å². The number of anilines is 2. The van der Waals surface area contributed by atoms with Crippen molar-refractivity contribution >= 4 is 43.0 Å². The molecule has 0 fully saturated rings. The number of rotatable bonds is 3. The molecule has 3 N–H and O–H groups in total. The highest BCUT2D eigenvalue weighted by molar-refractivity contribution is 9.10. The van der Waals surface area contributed by atoms with Crippen LogP contribution in [0.2, 0.25) is 0 Å². The molecule has 0 radical (unpaired) electrons. The fourth-order valence-electron chi connectivity index (χ4n) is 1.06. The molecule has 0 heterocycles. The number of hydrogen-bond acceptors (Lipinski definition) is 4. The van der Waals surface area contributed by atoms with Crippen LogP contribution in [-0.4, -0.2) is 25.8 Å². The summed E-state index contributed by atoms with van der Waals surface area (Å²) >= 11 is 3.23.